The van der Waals surface area contributed by atoms with Gasteiger partial charge < -0.3 is 29.8 Å². The molecule has 6 aromatic carbocycles. The molecular formula is C51H56N4O2. The van der Waals surface area contributed by atoms with Crippen LogP contribution in [0.25, 0.3) is 22.3 Å². The number of phenols is 2. The van der Waals surface area contributed by atoms with E-state index in [4.69, 9.17) is 0 Å². The van der Waals surface area contributed by atoms with Crippen LogP contribution in [0.3, 0.4) is 0 Å². The zero-order chi connectivity index (χ0) is 40.6. The van der Waals surface area contributed by atoms with Gasteiger partial charge in [0.15, 0.2) is 0 Å². The van der Waals surface area contributed by atoms with Gasteiger partial charge in [-0.3, -0.25) is 0 Å². The first kappa shape index (κ1) is 38.0. The van der Waals surface area contributed by atoms with Gasteiger partial charge in [-0.15, -0.1) is 0 Å². The molecule has 8 rings (SSSR count). The largest absolute Gasteiger partial charge is 0.506 e. The summed E-state index contributed by atoms with van der Waals surface area (Å²) in [4.78, 5) is 9.20. The third-order valence-corrected chi connectivity index (χ3v) is 11.9. The molecule has 0 aliphatic carbocycles. The number of aryl methyl sites for hydroxylation is 4. The Labute approximate surface area is 339 Å². The second-order valence-corrected chi connectivity index (χ2v) is 18.2. The van der Waals surface area contributed by atoms with Crippen molar-refractivity contribution in [2.45, 2.75) is 80.1 Å². The fourth-order valence-electron chi connectivity index (χ4n) is 8.92. The molecule has 292 valence electrons. The van der Waals surface area contributed by atoms with Gasteiger partial charge >= 0.3 is 0 Å². The zero-order valence-corrected chi connectivity index (χ0v) is 35.2. The molecular weight excluding hydrogens is 701 g/mol. The van der Waals surface area contributed by atoms with Crippen LogP contribution in [0.15, 0.2) is 109 Å². The summed E-state index contributed by atoms with van der Waals surface area (Å²) in [7, 11) is 0. The van der Waals surface area contributed by atoms with Gasteiger partial charge in [-0.25, -0.2) is 0 Å². The van der Waals surface area contributed by atoms with Gasteiger partial charge in [-0.05, 0) is 143 Å². The molecule has 0 radical (unpaired) electrons. The van der Waals surface area contributed by atoms with E-state index in [1.165, 1.54) is 44.5 Å². The highest BCUT2D eigenvalue weighted by atomic mass is 16.3. The van der Waals surface area contributed by atoms with Gasteiger partial charge in [-0.1, -0.05) is 102 Å². The fraction of sp³-hybridized carbons (Fsp3) is 0.294. The van der Waals surface area contributed by atoms with E-state index in [0.29, 0.717) is 20.0 Å². The van der Waals surface area contributed by atoms with Crippen LogP contribution in [-0.4, -0.2) is 30.2 Å². The molecule has 0 unspecified atom stereocenters. The zero-order valence-electron chi connectivity index (χ0n) is 35.2. The third kappa shape index (κ3) is 6.85. The predicted octanol–water partition coefficient (Wildman–Crippen LogP) is 12.7. The number of nitrogens with zero attached hydrogens (tertiary/aromatic N) is 4. The number of rotatable bonds is 6. The number of fused-ring (bicyclic) bond motifs is 2. The van der Waals surface area contributed by atoms with Crippen LogP contribution in [0, 0.1) is 27.7 Å². The van der Waals surface area contributed by atoms with Crippen molar-refractivity contribution in [2.75, 3.05) is 39.6 Å². The van der Waals surface area contributed by atoms with Crippen molar-refractivity contribution in [3.05, 3.63) is 143 Å². The number of para-hydroxylation sites is 4. The molecule has 0 saturated carbocycles. The molecule has 2 aliphatic heterocycles. The first-order valence-corrected chi connectivity index (χ1v) is 20.1. The summed E-state index contributed by atoms with van der Waals surface area (Å²) in [5, 5.41) is 22.9. The first-order chi connectivity index (χ1) is 27.0. The molecule has 0 atom stereocenters. The number of hydrogen-bond donors (Lipinski definition) is 2. The molecule has 0 aromatic heterocycles. The van der Waals surface area contributed by atoms with Crippen molar-refractivity contribution in [3.8, 4) is 33.8 Å². The second-order valence-electron chi connectivity index (χ2n) is 18.2. The van der Waals surface area contributed by atoms with E-state index in [-0.39, 0.29) is 22.3 Å². The lowest BCUT2D eigenvalue weighted by Crippen LogP contribution is -2.40. The number of hydrogen-bond acceptors (Lipinski definition) is 6. The first-order valence-electron chi connectivity index (χ1n) is 20.1. The Morgan fingerprint density at radius 1 is 0.439 bits per heavy atom. The molecule has 2 N–H and O–H groups in total. The van der Waals surface area contributed by atoms with Crippen LogP contribution in [0.5, 0.6) is 11.5 Å². The molecule has 2 aliphatic rings. The Bertz CT molecular complexity index is 2300. The summed E-state index contributed by atoms with van der Waals surface area (Å²) in [5.41, 5.74) is 18.2. The Kier molecular flexibility index (Phi) is 9.30. The quantitative estimate of drug-likeness (QED) is 0.176. The van der Waals surface area contributed by atoms with E-state index in [1.54, 1.807) is 0 Å². The average molecular weight is 757 g/mol. The van der Waals surface area contributed by atoms with Crippen LogP contribution in [0.4, 0.5) is 34.1 Å². The van der Waals surface area contributed by atoms with Crippen molar-refractivity contribution in [3.63, 3.8) is 0 Å². The second kappa shape index (κ2) is 13.9. The smallest absolute Gasteiger partial charge is 0.139 e. The van der Waals surface area contributed by atoms with Gasteiger partial charge in [0.25, 0.3) is 0 Å². The van der Waals surface area contributed by atoms with E-state index in [1.807, 2.05) is 24.3 Å². The molecule has 6 aromatic rings. The Hall–Kier alpha value is -5.88. The Balaban J connectivity index is 1.11. The predicted molar refractivity (Wildman–Crippen MR) is 240 cm³/mol. The third-order valence-electron chi connectivity index (χ3n) is 11.9. The highest BCUT2D eigenvalue weighted by molar-refractivity contribution is 5.89. The summed E-state index contributed by atoms with van der Waals surface area (Å²) < 4.78 is 0. The molecule has 2 heterocycles. The number of anilines is 6. The maximum atomic E-state index is 11.4. The molecule has 0 amide bonds. The van der Waals surface area contributed by atoms with Crippen molar-refractivity contribution >= 4 is 34.1 Å². The lowest BCUT2D eigenvalue weighted by molar-refractivity contribution is 0.475. The van der Waals surface area contributed by atoms with Gasteiger partial charge in [0.2, 0.25) is 0 Å². The highest BCUT2D eigenvalue weighted by Gasteiger charge is 2.34. The van der Waals surface area contributed by atoms with Crippen LogP contribution >= 0.6 is 0 Å². The Morgan fingerprint density at radius 3 is 1.11 bits per heavy atom. The molecule has 57 heavy (non-hydrogen) atoms. The Morgan fingerprint density at radius 2 is 0.772 bits per heavy atom. The summed E-state index contributed by atoms with van der Waals surface area (Å²) in [6, 6.07) is 38.2. The van der Waals surface area contributed by atoms with Crippen molar-refractivity contribution < 1.29 is 10.2 Å². The lowest BCUT2D eigenvalue weighted by atomic mass is 9.82. The van der Waals surface area contributed by atoms with Crippen LogP contribution in [-0.2, 0) is 10.8 Å². The van der Waals surface area contributed by atoms with Crippen molar-refractivity contribution in [1.82, 2.24) is 0 Å². The molecule has 6 nitrogen and oxygen atoms in total. The summed E-state index contributed by atoms with van der Waals surface area (Å²) in [5.74, 6) is 0.507. The van der Waals surface area contributed by atoms with Gasteiger partial charge in [-0.2, -0.15) is 0 Å². The van der Waals surface area contributed by atoms with Gasteiger partial charge in [0, 0.05) is 0 Å². The topological polar surface area (TPSA) is 53.4 Å². The van der Waals surface area contributed by atoms with Crippen molar-refractivity contribution in [2.24, 2.45) is 0 Å². The number of benzene rings is 6. The SMILES string of the molecule is Cc1cc(C(C)(C)C)cc(C)c1-c1ccc(O)c(N2CN(CN3CN(c4cc(-c5c(C)cc(C(C)(C)C)cc5C)ccc4O)c4ccccc43)c3ccccc32)c1. The minimum absolute atomic E-state index is 0.0609. The normalized spacial score (nSPS) is 14.1. The maximum absolute atomic E-state index is 11.4. The van der Waals surface area contributed by atoms with E-state index < -0.39 is 0 Å². The monoisotopic (exact) mass is 756 g/mol. The van der Waals surface area contributed by atoms with E-state index in [0.717, 1.165) is 45.3 Å². The van der Waals surface area contributed by atoms with Crippen LogP contribution < -0.4 is 19.6 Å². The minimum Gasteiger partial charge on any atom is -0.506 e. The minimum atomic E-state index is 0.0609. The van der Waals surface area contributed by atoms with Gasteiger partial charge in [0.1, 0.15) is 11.5 Å². The highest BCUT2D eigenvalue weighted by Crippen LogP contribution is 2.49. The van der Waals surface area contributed by atoms with E-state index >= 15 is 0 Å². The molecule has 0 fully saturated rings. The fourth-order valence-corrected chi connectivity index (χ4v) is 8.92. The van der Waals surface area contributed by atoms with Crippen molar-refractivity contribution in [1.29, 1.82) is 0 Å². The maximum Gasteiger partial charge on any atom is 0.139 e. The molecule has 0 bridgehead atoms. The standard InChI is InChI=1S/C51H56N4O2/c1-32-23-38(50(5,6)7)24-33(2)48(32)36-19-21-46(56)44(27-36)54-30-52(40-15-11-13-17-42(40)54)29-53-31-55(43-18-14-12-16-41(43)53)45-28-37(20-22-47(45)57)49-34(3)25-39(26-35(49)4)51(8,9)10/h11-28,56-57H,29-31H2,1-10H3. The molecule has 0 spiro atoms. The lowest BCUT2D eigenvalue weighted by Gasteiger charge is -2.29. The van der Waals surface area contributed by atoms with Gasteiger partial charge in [0.05, 0.1) is 54.1 Å². The number of phenolic OH excluding ortho intramolecular Hbond substituents is 2. The summed E-state index contributed by atoms with van der Waals surface area (Å²) in [6.45, 7) is 24.0. The molecule has 6 heteroatoms. The number of aromatic hydroxyl groups is 2. The van der Waals surface area contributed by atoms with Crippen LogP contribution in [0.1, 0.15) is 74.9 Å². The summed E-state index contributed by atoms with van der Waals surface area (Å²) >= 11 is 0. The summed E-state index contributed by atoms with van der Waals surface area (Å²) in [6.07, 6.45) is 0. The van der Waals surface area contributed by atoms with E-state index in [9.17, 15) is 10.2 Å². The molecule has 0 saturated heterocycles. The van der Waals surface area contributed by atoms with E-state index in [2.05, 4.69) is 174 Å². The van der Waals surface area contributed by atoms with Crippen LogP contribution in [0.2, 0.25) is 0 Å². The average Bonchev–Trinajstić information content (AvgIpc) is 3.70.